The monoisotopic (exact) mass is 327 g/mol. The van der Waals surface area contributed by atoms with Crippen molar-refractivity contribution in [2.75, 3.05) is 49.4 Å². The lowest BCUT2D eigenvalue weighted by Gasteiger charge is -2.28. The zero-order valence-corrected chi connectivity index (χ0v) is 15.1. The number of nitrogens with two attached hydrogens (primary N) is 1. The minimum absolute atomic E-state index is 0.656. The van der Waals surface area contributed by atoms with Gasteiger partial charge in [0, 0.05) is 49.7 Å². The largest absolute Gasteiger partial charge is 0.501 e. The Bertz CT molecular complexity index is 185. The Balaban J connectivity index is 3.89. The summed E-state index contributed by atoms with van der Waals surface area (Å²) < 4.78 is 17.4. The van der Waals surface area contributed by atoms with E-state index >= 15 is 0 Å². The van der Waals surface area contributed by atoms with Crippen molar-refractivity contribution in [3.63, 3.8) is 0 Å². The first-order chi connectivity index (χ1) is 9.24. The molecule has 0 aliphatic heterocycles. The van der Waals surface area contributed by atoms with Gasteiger partial charge in [0.15, 0.2) is 0 Å². The lowest BCUT2D eigenvalue weighted by atomic mass is 10.8. The van der Waals surface area contributed by atoms with E-state index in [1.165, 1.54) is 0 Å². The molecule has 4 nitrogen and oxygen atoms in total. The van der Waals surface area contributed by atoms with E-state index in [0.29, 0.717) is 19.8 Å². The third kappa shape index (κ3) is 10.2. The smallest absolute Gasteiger partial charge is 0.374 e. The van der Waals surface area contributed by atoms with Crippen LogP contribution in [0.5, 0.6) is 0 Å². The van der Waals surface area contributed by atoms with E-state index < -0.39 is 8.80 Å². The van der Waals surface area contributed by atoms with Gasteiger partial charge in [0.25, 0.3) is 0 Å². The molecule has 0 bridgehead atoms. The van der Waals surface area contributed by atoms with E-state index in [-0.39, 0.29) is 0 Å². The van der Waals surface area contributed by atoms with Crippen molar-refractivity contribution in [3.8, 4) is 0 Å². The number of hydrogen-bond acceptors (Lipinski definition) is 6. The van der Waals surface area contributed by atoms with Crippen LogP contribution in [0, 0.1) is 0 Å². The predicted octanol–water partition coefficient (Wildman–Crippen LogP) is 2.46. The van der Waals surface area contributed by atoms with E-state index in [0.717, 1.165) is 35.6 Å². The summed E-state index contributed by atoms with van der Waals surface area (Å²) >= 11 is 3.85. The summed E-state index contributed by atoms with van der Waals surface area (Å²) in [5, 5.41) is 0. The minimum Gasteiger partial charge on any atom is -0.374 e. The Morgan fingerprint density at radius 3 is 1.68 bits per heavy atom. The van der Waals surface area contributed by atoms with Crippen LogP contribution in [0.1, 0.15) is 20.8 Å². The van der Waals surface area contributed by atoms with Crippen molar-refractivity contribution in [1.29, 1.82) is 0 Å². The van der Waals surface area contributed by atoms with Gasteiger partial charge in [-0.1, -0.05) is 0 Å². The Labute approximate surface area is 127 Å². The van der Waals surface area contributed by atoms with Gasteiger partial charge < -0.3 is 19.0 Å². The van der Waals surface area contributed by atoms with Crippen molar-refractivity contribution in [1.82, 2.24) is 0 Å². The molecule has 0 fully saturated rings. The summed E-state index contributed by atoms with van der Waals surface area (Å²) in [7, 11) is -2.42. The molecule has 0 aromatic carbocycles. The van der Waals surface area contributed by atoms with Crippen molar-refractivity contribution in [2.45, 2.75) is 26.8 Å². The molecule has 116 valence electrons. The Hall–Kier alpha value is 0.757. The van der Waals surface area contributed by atoms with Crippen LogP contribution in [0.2, 0.25) is 6.04 Å². The first-order valence-electron chi connectivity index (χ1n) is 7.02. The van der Waals surface area contributed by atoms with Gasteiger partial charge in [0.05, 0.1) is 0 Å². The van der Waals surface area contributed by atoms with Crippen molar-refractivity contribution in [3.05, 3.63) is 0 Å². The van der Waals surface area contributed by atoms with Crippen LogP contribution < -0.4 is 5.73 Å². The predicted molar refractivity (Wildman–Crippen MR) is 89.1 cm³/mol. The van der Waals surface area contributed by atoms with Gasteiger partial charge in [-0.25, -0.2) is 0 Å². The molecule has 0 unspecified atom stereocenters. The molecule has 0 saturated heterocycles. The van der Waals surface area contributed by atoms with E-state index in [1.54, 1.807) is 0 Å². The third-order valence-corrected chi connectivity index (χ3v) is 7.95. The molecule has 0 heterocycles. The van der Waals surface area contributed by atoms with Gasteiger partial charge in [-0.05, 0) is 26.5 Å². The average molecular weight is 328 g/mol. The zero-order chi connectivity index (χ0) is 14.4. The lowest BCUT2D eigenvalue weighted by Crippen LogP contribution is -2.46. The maximum atomic E-state index is 5.81. The molecule has 0 aromatic rings. The van der Waals surface area contributed by atoms with Crippen LogP contribution >= 0.6 is 23.5 Å². The molecule has 19 heavy (non-hydrogen) atoms. The molecule has 0 aromatic heterocycles. The van der Waals surface area contributed by atoms with E-state index in [9.17, 15) is 0 Å². The van der Waals surface area contributed by atoms with Crippen molar-refractivity contribution < 1.29 is 13.3 Å². The molecular formula is C12H29NO3S2Si. The molecule has 0 atom stereocenters. The molecular weight excluding hydrogens is 298 g/mol. The van der Waals surface area contributed by atoms with E-state index in [2.05, 4.69) is 0 Å². The van der Waals surface area contributed by atoms with Crippen LogP contribution in [-0.4, -0.2) is 58.2 Å². The molecule has 2 N–H and O–H groups in total. The van der Waals surface area contributed by atoms with E-state index in [4.69, 9.17) is 19.0 Å². The summed E-state index contributed by atoms with van der Waals surface area (Å²) in [6.07, 6.45) is 0. The Kier molecular flexibility index (Phi) is 14.3. The number of thioether (sulfide) groups is 2. The van der Waals surface area contributed by atoms with Gasteiger partial charge in [0.2, 0.25) is 0 Å². The highest BCUT2D eigenvalue weighted by Gasteiger charge is 2.39. The fraction of sp³-hybridized carbons (Fsp3) is 1.00. The van der Waals surface area contributed by atoms with Crippen LogP contribution in [0.3, 0.4) is 0 Å². The fourth-order valence-electron chi connectivity index (χ4n) is 1.60. The van der Waals surface area contributed by atoms with E-state index in [1.807, 2.05) is 44.3 Å². The van der Waals surface area contributed by atoms with Gasteiger partial charge in [-0.2, -0.15) is 23.5 Å². The standard InChI is InChI=1S/C12H29NO3S2Si/c1-4-14-19(15-5-2,16-6-3)12-11-18-10-9-17-8-7-13/h4-13H2,1-3H3. The second-order valence-corrected chi connectivity index (χ2v) is 8.93. The first kappa shape index (κ1) is 19.8. The highest BCUT2D eigenvalue weighted by atomic mass is 32.2. The van der Waals surface area contributed by atoms with Crippen LogP contribution in [0.25, 0.3) is 0 Å². The van der Waals surface area contributed by atoms with Gasteiger partial charge >= 0.3 is 8.80 Å². The molecule has 0 saturated carbocycles. The Morgan fingerprint density at radius 2 is 1.26 bits per heavy atom. The lowest BCUT2D eigenvalue weighted by molar-refractivity contribution is 0.0728. The minimum atomic E-state index is -2.42. The summed E-state index contributed by atoms with van der Waals surface area (Å²) in [5.41, 5.74) is 5.45. The SMILES string of the molecule is CCO[Si](CCSCCSCCN)(OCC)OCC. The molecule has 0 aliphatic rings. The second kappa shape index (κ2) is 13.7. The Morgan fingerprint density at radius 1 is 0.789 bits per heavy atom. The van der Waals surface area contributed by atoms with Gasteiger partial charge in [-0.15, -0.1) is 0 Å². The van der Waals surface area contributed by atoms with Crippen LogP contribution in [-0.2, 0) is 13.3 Å². The number of rotatable bonds is 14. The maximum Gasteiger partial charge on any atom is 0.501 e. The summed E-state index contributed by atoms with van der Waals surface area (Å²) in [4.78, 5) is 0. The van der Waals surface area contributed by atoms with Crippen molar-refractivity contribution >= 4 is 32.3 Å². The quantitative estimate of drug-likeness (QED) is 0.391. The third-order valence-electron chi connectivity index (χ3n) is 2.28. The second-order valence-electron chi connectivity index (χ2n) is 3.75. The summed E-state index contributed by atoms with van der Waals surface area (Å²) in [6.45, 7) is 8.73. The molecule has 0 amide bonds. The summed E-state index contributed by atoms with van der Waals surface area (Å²) in [6, 6.07) is 0.898. The van der Waals surface area contributed by atoms with Crippen LogP contribution in [0.4, 0.5) is 0 Å². The molecule has 0 radical (unpaired) electrons. The van der Waals surface area contributed by atoms with Crippen molar-refractivity contribution in [2.24, 2.45) is 5.73 Å². The fourth-order valence-corrected chi connectivity index (χ4v) is 6.70. The highest BCUT2D eigenvalue weighted by Crippen LogP contribution is 2.19. The molecule has 0 rings (SSSR count). The molecule has 0 aliphatic carbocycles. The first-order valence-corrected chi connectivity index (χ1v) is 11.3. The topological polar surface area (TPSA) is 53.7 Å². The highest BCUT2D eigenvalue weighted by molar-refractivity contribution is 8.02. The molecule has 0 spiro atoms. The maximum absolute atomic E-state index is 5.81. The molecule has 7 heteroatoms. The van der Waals surface area contributed by atoms with Gasteiger partial charge in [-0.3, -0.25) is 0 Å². The average Bonchev–Trinajstić information content (AvgIpc) is 2.39. The number of hydrogen-bond donors (Lipinski definition) is 1. The summed E-state index contributed by atoms with van der Waals surface area (Å²) in [5.74, 6) is 4.40. The van der Waals surface area contributed by atoms with Gasteiger partial charge in [0.1, 0.15) is 0 Å². The normalized spacial score (nSPS) is 12.0. The zero-order valence-electron chi connectivity index (χ0n) is 12.5. The van der Waals surface area contributed by atoms with Crippen LogP contribution in [0.15, 0.2) is 0 Å².